The van der Waals surface area contributed by atoms with Gasteiger partial charge in [-0.05, 0) is 119 Å². The third kappa shape index (κ3) is 5.97. The smallest absolute Gasteiger partial charge is 0.190 e. The first-order chi connectivity index (χ1) is 30.5. The molecule has 8 heteroatoms. The lowest BCUT2D eigenvalue weighted by atomic mass is 9.87. The van der Waals surface area contributed by atoms with Gasteiger partial charge in [0.2, 0.25) is 0 Å². The van der Waals surface area contributed by atoms with Crippen LogP contribution in [0.4, 0.5) is 8.78 Å². The molecule has 298 valence electrons. The summed E-state index contributed by atoms with van der Waals surface area (Å²) >= 11 is 6.72. The van der Waals surface area contributed by atoms with Gasteiger partial charge in [-0.15, -0.1) is 45.3 Å². The summed E-state index contributed by atoms with van der Waals surface area (Å²) in [6.45, 7) is 0. The molecule has 0 amide bonds. The second-order valence-corrected chi connectivity index (χ2v) is 19.7. The van der Waals surface area contributed by atoms with Crippen LogP contribution in [0.2, 0.25) is 0 Å². The summed E-state index contributed by atoms with van der Waals surface area (Å²) in [5, 5.41) is 4.45. The van der Waals surface area contributed by atoms with E-state index in [1.54, 1.807) is 57.5 Å². The van der Waals surface area contributed by atoms with E-state index in [4.69, 9.17) is 9.47 Å². The van der Waals surface area contributed by atoms with Crippen LogP contribution < -0.4 is 9.47 Å². The van der Waals surface area contributed by atoms with Crippen molar-refractivity contribution in [3.63, 3.8) is 0 Å². The molecule has 2 aliphatic heterocycles. The summed E-state index contributed by atoms with van der Waals surface area (Å²) in [4.78, 5) is 8.54. The molecule has 0 saturated carbocycles. The molecule has 2 nitrogen and oxygen atoms in total. The van der Waals surface area contributed by atoms with Gasteiger partial charge in [0.15, 0.2) is 11.2 Å². The Bertz CT molecular complexity index is 3210. The number of benzene rings is 6. The Morgan fingerprint density at radius 1 is 0.355 bits per heavy atom. The summed E-state index contributed by atoms with van der Waals surface area (Å²) in [5.74, 6) is 0.812. The third-order valence-corrected chi connectivity index (χ3v) is 17.0. The van der Waals surface area contributed by atoms with Crippen molar-refractivity contribution in [1.29, 1.82) is 0 Å². The maximum absolute atomic E-state index is 15.8. The Morgan fingerprint density at radius 2 is 0.726 bits per heavy atom. The van der Waals surface area contributed by atoms with Crippen molar-refractivity contribution >= 4 is 79.0 Å². The van der Waals surface area contributed by atoms with Crippen LogP contribution >= 0.6 is 45.3 Å². The van der Waals surface area contributed by atoms with Gasteiger partial charge in [0.1, 0.15) is 23.1 Å². The SMILES string of the molecule is Fc1ccccc1C1(c2ccc(-c3ccc(-c4ccc(-c5ccc(C6(c7ccccc7F)C=Cc7c(ccc8ccccc78)O6)s5)s4)s3)s2)C=Cc2c(ccc3ccccc23)O1. The predicted octanol–water partition coefficient (Wildman–Crippen LogP) is 16.2. The maximum Gasteiger partial charge on any atom is 0.190 e. The van der Waals surface area contributed by atoms with E-state index in [-0.39, 0.29) is 11.6 Å². The minimum Gasteiger partial charge on any atom is -0.472 e. The van der Waals surface area contributed by atoms with E-state index >= 15 is 8.78 Å². The molecule has 4 aromatic heterocycles. The summed E-state index contributed by atoms with van der Waals surface area (Å²) in [7, 11) is 0. The van der Waals surface area contributed by atoms with Crippen molar-refractivity contribution < 1.29 is 18.3 Å². The normalized spacial score (nSPS) is 17.8. The summed E-state index contributed by atoms with van der Waals surface area (Å²) in [6.07, 6.45) is 8.18. The summed E-state index contributed by atoms with van der Waals surface area (Å²) in [6, 6.07) is 55.4. The Kier molecular flexibility index (Phi) is 8.80. The molecule has 0 radical (unpaired) electrons. The van der Waals surface area contributed by atoms with E-state index in [1.807, 2.05) is 72.8 Å². The van der Waals surface area contributed by atoms with Gasteiger partial charge in [0, 0.05) is 51.5 Å². The molecule has 0 bridgehead atoms. The van der Waals surface area contributed by atoms with Gasteiger partial charge in [-0.2, -0.15) is 0 Å². The summed E-state index contributed by atoms with van der Waals surface area (Å²) < 4.78 is 45.4. The molecule has 6 aromatic carbocycles. The highest BCUT2D eigenvalue weighted by Gasteiger charge is 2.42. The number of halogens is 2. The lowest BCUT2D eigenvalue weighted by Crippen LogP contribution is -2.34. The lowest BCUT2D eigenvalue weighted by Gasteiger charge is -2.35. The quantitative estimate of drug-likeness (QED) is 0.159. The Morgan fingerprint density at radius 3 is 1.16 bits per heavy atom. The second kappa shape index (κ2) is 14.6. The number of rotatable bonds is 7. The monoisotopic (exact) mass is 878 g/mol. The van der Waals surface area contributed by atoms with E-state index in [0.29, 0.717) is 11.1 Å². The molecule has 6 heterocycles. The molecule has 12 rings (SSSR count). The van der Waals surface area contributed by atoms with Crippen LogP contribution in [0.1, 0.15) is 32.0 Å². The van der Waals surface area contributed by atoms with Crippen molar-refractivity contribution in [2.75, 3.05) is 0 Å². The molecule has 0 N–H and O–H groups in total. The predicted molar refractivity (Wildman–Crippen MR) is 256 cm³/mol. The molecule has 2 unspecified atom stereocenters. The van der Waals surface area contributed by atoms with Crippen molar-refractivity contribution in [2.45, 2.75) is 11.2 Å². The van der Waals surface area contributed by atoms with Crippen LogP contribution in [-0.2, 0) is 11.2 Å². The standard InChI is InChI=1S/C54H32F2O2S4/c55-41-15-7-5-13-39(41)53(31-29-37-35-11-3-1-9-33(35)17-19-43(37)57-53)51-27-25-49(61-51)47-23-21-45(59-47)46-22-24-48(60-46)50-26-28-52(62-50)54(40-14-6-8-16-42(40)56)32-30-38-36-12-4-2-10-34(36)18-20-44(38)58-54/h1-32H. The van der Waals surface area contributed by atoms with Gasteiger partial charge in [-0.3, -0.25) is 0 Å². The first-order valence-corrected chi connectivity index (χ1v) is 23.4. The molecular formula is C54H32F2O2S4. The largest absolute Gasteiger partial charge is 0.472 e. The highest BCUT2D eigenvalue weighted by Crippen LogP contribution is 2.51. The van der Waals surface area contributed by atoms with Crippen LogP contribution in [0.3, 0.4) is 0 Å². The Hall–Kier alpha value is -6.42. The van der Waals surface area contributed by atoms with E-state index in [1.165, 1.54) is 12.1 Å². The zero-order valence-corrected chi connectivity index (χ0v) is 35.9. The van der Waals surface area contributed by atoms with Crippen LogP contribution in [0.25, 0.3) is 63.0 Å². The fraction of sp³-hybridized carbons (Fsp3) is 0.0370. The van der Waals surface area contributed by atoms with E-state index in [0.717, 1.165) is 83.2 Å². The molecule has 0 spiro atoms. The fourth-order valence-corrected chi connectivity index (χ4v) is 13.3. The van der Waals surface area contributed by atoms with Gasteiger partial charge in [-0.25, -0.2) is 8.78 Å². The third-order valence-electron chi connectivity index (χ3n) is 11.8. The van der Waals surface area contributed by atoms with Crippen LogP contribution in [0.5, 0.6) is 11.5 Å². The number of hydrogen-bond donors (Lipinski definition) is 0. The minimum atomic E-state index is -1.13. The number of fused-ring (bicyclic) bond motifs is 6. The zero-order chi connectivity index (χ0) is 41.4. The molecule has 0 aliphatic carbocycles. The highest BCUT2D eigenvalue weighted by molar-refractivity contribution is 7.28. The van der Waals surface area contributed by atoms with Crippen molar-refractivity contribution in [3.05, 3.63) is 226 Å². The van der Waals surface area contributed by atoms with E-state index < -0.39 is 11.2 Å². The fourth-order valence-electron chi connectivity index (χ4n) is 8.78. The zero-order valence-electron chi connectivity index (χ0n) is 32.7. The van der Waals surface area contributed by atoms with Gasteiger partial charge in [0.05, 0.1) is 9.75 Å². The molecule has 2 aliphatic rings. The average Bonchev–Trinajstić information content (AvgIpc) is 4.17. The molecule has 10 aromatic rings. The second-order valence-electron chi connectivity index (χ2n) is 15.4. The molecular weight excluding hydrogens is 847 g/mol. The van der Waals surface area contributed by atoms with Crippen molar-refractivity contribution in [3.8, 4) is 40.8 Å². The van der Waals surface area contributed by atoms with Crippen molar-refractivity contribution in [1.82, 2.24) is 0 Å². The highest BCUT2D eigenvalue weighted by atomic mass is 32.1. The summed E-state index contributed by atoms with van der Waals surface area (Å²) in [5.41, 5.74) is 0.671. The van der Waals surface area contributed by atoms with Gasteiger partial charge >= 0.3 is 0 Å². The first-order valence-electron chi connectivity index (χ1n) is 20.2. The lowest BCUT2D eigenvalue weighted by molar-refractivity contribution is 0.160. The van der Waals surface area contributed by atoms with Gasteiger partial charge < -0.3 is 9.47 Å². The van der Waals surface area contributed by atoms with E-state index in [2.05, 4.69) is 97.1 Å². The molecule has 0 saturated heterocycles. The first kappa shape index (κ1) is 37.4. The van der Waals surface area contributed by atoms with Crippen LogP contribution in [-0.4, -0.2) is 0 Å². The molecule has 62 heavy (non-hydrogen) atoms. The van der Waals surface area contributed by atoms with Crippen molar-refractivity contribution in [2.24, 2.45) is 0 Å². The maximum atomic E-state index is 15.8. The van der Waals surface area contributed by atoms with Gasteiger partial charge in [-0.1, -0.05) is 97.1 Å². The topological polar surface area (TPSA) is 18.5 Å². The number of thiophene rings is 4. The molecule has 2 atom stereocenters. The Balaban J connectivity index is 0.857. The van der Waals surface area contributed by atoms with E-state index in [9.17, 15) is 0 Å². The van der Waals surface area contributed by atoms with Crippen LogP contribution in [0, 0.1) is 11.6 Å². The Labute approximate surface area is 372 Å². The van der Waals surface area contributed by atoms with Gasteiger partial charge in [0.25, 0.3) is 0 Å². The van der Waals surface area contributed by atoms with Crippen LogP contribution in [0.15, 0.2) is 182 Å². The minimum absolute atomic E-state index is 0.315. The average molecular weight is 879 g/mol. The number of ether oxygens (including phenoxy) is 2. The molecule has 0 fully saturated rings. The number of hydrogen-bond acceptors (Lipinski definition) is 6.